The zero-order valence-electron chi connectivity index (χ0n) is 14.7. The van der Waals surface area contributed by atoms with Crippen LogP contribution in [0.2, 0.25) is 0 Å². The highest BCUT2D eigenvalue weighted by atomic mass is 15.0. The molecule has 0 bridgehead atoms. The van der Waals surface area contributed by atoms with Crippen LogP contribution in [-0.2, 0) is 0 Å². The summed E-state index contributed by atoms with van der Waals surface area (Å²) >= 11 is 0. The molecule has 21 heavy (non-hydrogen) atoms. The monoisotopic (exact) mass is 294 g/mol. The number of hydrogen-bond donors (Lipinski definition) is 2. The van der Waals surface area contributed by atoms with Crippen molar-refractivity contribution < 1.29 is 0 Å². The highest BCUT2D eigenvalue weighted by molar-refractivity contribution is 4.85. The van der Waals surface area contributed by atoms with Gasteiger partial charge >= 0.3 is 0 Å². The van der Waals surface area contributed by atoms with Gasteiger partial charge in [-0.3, -0.25) is 0 Å². The third-order valence-electron chi connectivity index (χ3n) is 6.05. The second-order valence-corrected chi connectivity index (χ2v) is 7.59. The normalized spacial score (nSPS) is 35.6. The summed E-state index contributed by atoms with van der Waals surface area (Å²) in [6.07, 6.45) is 14.1. The minimum atomic E-state index is 0.613. The van der Waals surface area contributed by atoms with Crippen molar-refractivity contribution in [3.8, 4) is 0 Å². The molecule has 0 heterocycles. The van der Waals surface area contributed by atoms with Gasteiger partial charge in [-0.1, -0.05) is 52.4 Å². The molecule has 0 radical (unpaired) electrons. The molecule has 0 saturated heterocycles. The first kappa shape index (κ1) is 17.3. The van der Waals surface area contributed by atoms with Crippen molar-refractivity contribution in [1.29, 1.82) is 0 Å². The molecule has 5 unspecified atom stereocenters. The molecular formula is C19H38N2. The quantitative estimate of drug-likeness (QED) is 0.723. The molecule has 0 aliphatic heterocycles. The lowest BCUT2D eigenvalue weighted by atomic mass is 9.82. The van der Waals surface area contributed by atoms with Crippen LogP contribution < -0.4 is 10.6 Å². The topological polar surface area (TPSA) is 24.1 Å². The second-order valence-electron chi connectivity index (χ2n) is 7.59. The van der Waals surface area contributed by atoms with Crippen LogP contribution in [-0.4, -0.2) is 24.7 Å². The van der Waals surface area contributed by atoms with E-state index >= 15 is 0 Å². The van der Waals surface area contributed by atoms with E-state index in [0.717, 1.165) is 30.5 Å². The first-order valence-corrected chi connectivity index (χ1v) is 9.74. The standard InChI is InChI=1S/C19H38N2/c1-4-16-10-6-8-12-18(16)20-14-15(3)21-19-13-9-7-11-17(19)5-2/h15-21H,4-14H2,1-3H3. The van der Waals surface area contributed by atoms with E-state index in [-0.39, 0.29) is 0 Å². The lowest BCUT2D eigenvalue weighted by Crippen LogP contribution is -2.49. The summed E-state index contributed by atoms with van der Waals surface area (Å²) < 4.78 is 0. The molecule has 2 aliphatic rings. The van der Waals surface area contributed by atoms with Gasteiger partial charge in [-0.25, -0.2) is 0 Å². The molecule has 0 aromatic heterocycles. The molecule has 5 atom stereocenters. The SMILES string of the molecule is CCC1CCCCC1NCC(C)NC1CCCCC1CC. The Hall–Kier alpha value is -0.0800. The Morgan fingerprint density at radius 1 is 0.810 bits per heavy atom. The Morgan fingerprint density at radius 2 is 1.33 bits per heavy atom. The van der Waals surface area contributed by atoms with Gasteiger partial charge in [0.05, 0.1) is 0 Å². The fourth-order valence-electron chi connectivity index (χ4n) is 4.63. The van der Waals surface area contributed by atoms with Gasteiger partial charge in [-0.05, 0) is 44.4 Å². The number of hydrogen-bond acceptors (Lipinski definition) is 2. The van der Waals surface area contributed by atoms with Gasteiger partial charge in [0.2, 0.25) is 0 Å². The predicted molar refractivity (Wildman–Crippen MR) is 92.7 cm³/mol. The maximum atomic E-state index is 3.93. The fourth-order valence-corrected chi connectivity index (χ4v) is 4.63. The van der Waals surface area contributed by atoms with Gasteiger partial charge in [0.15, 0.2) is 0 Å². The summed E-state index contributed by atoms with van der Waals surface area (Å²) in [5, 5.41) is 7.81. The van der Waals surface area contributed by atoms with E-state index in [0.29, 0.717) is 6.04 Å². The smallest absolute Gasteiger partial charge is 0.0166 e. The van der Waals surface area contributed by atoms with Crippen LogP contribution in [0.5, 0.6) is 0 Å². The van der Waals surface area contributed by atoms with E-state index < -0.39 is 0 Å². The molecule has 0 amide bonds. The number of rotatable bonds is 7. The van der Waals surface area contributed by atoms with Gasteiger partial charge in [0, 0.05) is 24.7 Å². The predicted octanol–water partition coefficient (Wildman–Crippen LogP) is 4.49. The lowest BCUT2D eigenvalue weighted by molar-refractivity contribution is 0.221. The van der Waals surface area contributed by atoms with E-state index in [2.05, 4.69) is 31.4 Å². The fraction of sp³-hybridized carbons (Fsp3) is 1.00. The van der Waals surface area contributed by atoms with E-state index in [9.17, 15) is 0 Å². The molecule has 2 aliphatic carbocycles. The molecule has 2 heteroatoms. The molecule has 2 saturated carbocycles. The van der Waals surface area contributed by atoms with Crippen LogP contribution in [0.1, 0.15) is 85.0 Å². The molecular weight excluding hydrogens is 256 g/mol. The molecule has 2 nitrogen and oxygen atoms in total. The van der Waals surface area contributed by atoms with Crippen LogP contribution in [0, 0.1) is 11.8 Å². The van der Waals surface area contributed by atoms with Crippen LogP contribution in [0.3, 0.4) is 0 Å². The van der Waals surface area contributed by atoms with E-state index in [4.69, 9.17) is 0 Å². The van der Waals surface area contributed by atoms with Crippen molar-refractivity contribution in [3.63, 3.8) is 0 Å². The summed E-state index contributed by atoms with van der Waals surface area (Å²) in [5.74, 6) is 1.84. The maximum absolute atomic E-state index is 3.93. The van der Waals surface area contributed by atoms with E-state index in [1.165, 1.54) is 64.2 Å². The molecule has 0 aromatic carbocycles. The van der Waals surface area contributed by atoms with Crippen molar-refractivity contribution in [1.82, 2.24) is 10.6 Å². The number of nitrogens with one attached hydrogen (secondary N) is 2. The van der Waals surface area contributed by atoms with Crippen molar-refractivity contribution in [3.05, 3.63) is 0 Å². The summed E-state index contributed by atoms with van der Waals surface area (Å²) in [5.41, 5.74) is 0. The molecule has 2 fully saturated rings. The lowest BCUT2D eigenvalue weighted by Gasteiger charge is -2.36. The van der Waals surface area contributed by atoms with Gasteiger partial charge in [-0.15, -0.1) is 0 Å². The van der Waals surface area contributed by atoms with Crippen LogP contribution >= 0.6 is 0 Å². The highest BCUT2D eigenvalue weighted by Crippen LogP contribution is 2.28. The minimum Gasteiger partial charge on any atom is -0.312 e. The molecule has 2 N–H and O–H groups in total. The maximum Gasteiger partial charge on any atom is 0.0166 e. The van der Waals surface area contributed by atoms with Crippen LogP contribution in [0.15, 0.2) is 0 Å². The molecule has 124 valence electrons. The summed E-state index contributed by atoms with van der Waals surface area (Å²) in [7, 11) is 0. The third-order valence-corrected chi connectivity index (χ3v) is 6.05. The van der Waals surface area contributed by atoms with Crippen LogP contribution in [0.4, 0.5) is 0 Å². The Kier molecular flexibility index (Phi) is 7.53. The first-order valence-electron chi connectivity index (χ1n) is 9.74. The van der Waals surface area contributed by atoms with Gasteiger partial charge in [0.1, 0.15) is 0 Å². The average molecular weight is 295 g/mol. The Balaban J connectivity index is 1.72. The van der Waals surface area contributed by atoms with Crippen molar-refractivity contribution in [2.45, 2.75) is 103 Å². The zero-order chi connectivity index (χ0) is 15.1. The summed E-state index contributed by atoms with van der Waals surface area (Å²) in [6, 6.07) is 2.16. The largest absolute Gasteiger partial charge is 0.312 e. The average Bonchev–Trinajstić information content (AvgIpc) is 2.53. The van der Waals surface area contributed by atoms with Crippen molar-refractivity contribution in [2.24, 2.45) is 11.8 Å². The molecule has 0 spiro atoms. The highest BCUT2D eigenvalue weighted by Gasteiger charge is 2.26. The Labute approximate surface area is 132 Å². The van der Waals surface area contributed by atoms with Gasteiger partial charge < -0.3 is 10.6 Å². The zero-order valence-corrected chi connectivity index (χ0v) is 14.7. The van der Waals surface area contributed by atoms with Gasteiger partial charge in [-0.2, -0.15) is 0 Å². The molecule has 0 aromatic rings. The summed E-state index contributed by atoms with van der Waals surface area (Å²) in [4.78, 5) is 0. The van der Waals surface area contributed by atoms with Crippen molar-refractivity contribution in [2.75, 3.05) is 6.54 Å². The van der Waals surface area contributed by atoms with Crippen LogP contribution in [0.25, 0.3) is 0 Å². The molecule has 2 rings (SSSR count). The van der Waals surface area contributed by atoms with E-state index in [1.807, 2.05) is 0 Å². The minimum absolute atomic E-state index is 0.613. The Morgan fingerprint density at radius 3 is 1.95 bits per heavy atom. The van der Waals surface area contributed by atoms with Gasteiger partial charge in [0.25, 0.3) is 0 Å². The van der Waals surface area contributed by atoms with E-state index in [1.54, 1.807) is 0 Å². The summed E-state index contributed by atoms with van der Waals surface area (Å²) in [6.45, 7) is 8.24. The Bertz CT molecular complexity index is 279. The second kappa shape index (κ2) is 9.15. The third kappa shape index (κ3) is 5.25. The first-order chi connectivity index (χ1) is 10.2. The van der Waals surface area contributed by atoms with Crippen molar-refractivity contribution >= 4 is 0 Å².